The quantitative estimate of drug-likeness (QED) is 0.182. The lowest BCUT2D eigenvalue weighted by molar-refractivity contribution is 1.23. The van der Waals surface area contributed by atoms with Crippen molar-refractivity contribution >= 4 is 32.4 Å². The van der Waals surface area contributed by atoms with Gasteiger partial charge in [-0.3, -0.25) is 0 Å². The molecule has 0 unspecified atom stereocenters. The summed E-state index contributed by atoms with van der Waals surface area (Å²) in [4.78, 5) is 15.4. The fourth-order valence-electron chi connectivity index (χ4n) is 6.59. The molecule has 0 fully saturated rings. The van der Waals surface area contributed by atoms with Gasteiger partial charge in [0.05, 0.1) is 22.6 Å². The van der Waals surface area contributed by atoms with Crippen LogP contribution in [0, 0.1) is 0 Å². The zero-order valence-electron chi connectivity index (χ0n) is 26.1. The molecule has 2 aromatic heterocycles. The first-order valence-corrected chi connectivity index (χ1v) is 16.2. The van der Waals surface area contributed by atoms with Gasteiger partial charge in [-0.1, -0.05) is 140 Å². The third-order valence-corrected chi connectivity index (χ3v) is 9.05. The van der Waals surface area contributed by atoms with Gasteiger partial charge in [0, 0.05) is 33.0 Å². The molecule has 0 radical (unpaired) electrons. The summed E-state index contributed by atoms with van der Waals surface area (Å²) in [5.41, 5.74) is 10.3. The van der Waals surface area contributed by atoms with E-state index in [4.69, 9.17) is 15.0 Å². The van der Waals surface area contributed by atoms with Crippen LogP contribution in [0.15, 0.2) is 176 Å². The molecule has 224 valence electrons. The molecule has 0 N–H and O–H groups in total. The fraction of sp³-hybridized carbons (Fsp3) is 0. The van der Waals surface area contributed by atoms with E-state index in [1.54, 1.807) is 0 Å². The third-order valence-electron chi connectivity index (χ3n) is 9.05. The van der Waals surface area contributed by atoms with Crippen LogP contribution >= 0.6 is 0 Å². The van der Waals surface area contributed by atoms with Crippen LogP contribution in [0.2, 0.25) is 0 Å². The smallest absolute Gasteiger partial charge is 0.160 e. The van der Waals surface area contributed by atoms with E-state index in [-0.39, 0.29) is 0 Å². The molecule has 2 heterocycles. The number of rotatable bonds is 5. The van der Waals surface area contributed by atoms with Gasteiger partial charge in [0.15, 0.2) is 5.82 Å². The Bertz CT molecular complexity index is 2610. The molecule has 0 aliphatic carbocycles. The number of nitrogens with zero attached hydrogens (tertiary/aromatic N) is 3. The van der Waals surface area contributed by atoms with Crippen LogP contribution in [0.1, 0.15) is 0 Å². The van der Waals surface area contributed by atoms with E-state index >= 15 is 0 Å². The Morgan fingerprint density at radius 1 is 0.292 bits per heavy atom. The fourth-order valence-corrected chi connectivity index (χ4v) is 6.59. The molecule has 7 aromatic carbocycles. The van der Waals surface area contributed by atoms with E-state index in [1.165, 1.54) is 10.8 Å². The molecule has 48 heavy (non-hydrogen) atoms. The second-order valence-electron chi connectivity index (χ2n) is 12.1. The monoisotopic (exact) mass is 611 g/mol. The first kappa shape index (κ1) is 27.8. The first-order valence-electron chi connectivity index (χ1n) is 16.2. The molecule has 0 aliphatic rings. The summed E-state index contributed by atoms with van der Waals surface area (Å²) in [7, 11) is 0. The van der Waals surface area contributed by atoms with Crippen molar-refractivity contribution in [1.29, 1.82) is 0 Å². The van der Waals surface area contributed by atoms with Crippen molar-refractivity contribution in [3.63, 3.8) is 0 Å². The molecule has 0 bridgehead atoms. The van der Waals surface area contributed by atoms with E-state index in [9.17, 15) is 0 Å². The molecular formula is C45H29N3. The van der Waals surface area contributed by atoms with E-state index < -0.39 is 0 Å². The lowest BCUT2D eigenvalue weighted by atomic mass is 9.96. The second kappa shape index (κ2) is 11.7. The maximum atomic E-state index is 5.20. The van der Waals surface area contributed by atoms with Crippen molar-refractivity contribution < 1.29 is 0 Å². The number of hydrogen-bond donors (Lipinski definition) is 0. The van der Waals surface area contributed by atoms with Crippen molar-refractivity contribution in [2.45, 2.75) is 0 Å². The van der Waals surface area contributed by atoms with Crippen LogP contribution in [0.25, 0.3) is 88.7 Å². The minimum atomic E-state index is 0.722. The van der Waals surface area contributed by atoms with E-state index in [0.29, 0.717) is 0 Å². The summed E-state index contributed by atoms with van der Waals surface area (Å²) < 4.78 is 0. The number of aromatic nitrogens is 3. The molecule has 0 amide bonds. The van der Waals surface area contributed by atoms with E-state index in [0.717, 1.165) is 78.0 Å². The highest BCUT2D eigenvalue weighted by atomic mass is 14.9. The van der Waals surface area contributed by atoms with Crippen LogP contribution in [-0.4, -0.2) is 15.0 Å². The van der Waals surface area contributed by atoms with Gasteiger partial charge >= 0.3 is 0 Å². The van der Waals surface area contributed by atoms with Gasteiger partial charge < -0.3 is 0 Å². The predicted molar refractivity (Wildman–Crippen MR) is 200 cm³/mol. The summed E-state index contributed by atoms with van der Waals surface area (Å²) in [6.45, 7) is 0. The number of benzene rings is 7. The molecule has 0 saturated heterocycles. The van der Waals surface area contributed by atoms with Crippen molar-refractivity contribution in [1.82, 2.24) is 15.0 Å². The number of fused-ring (bicyclic) bond motifs is 4. The minimum absolute atomic E-state index is 0.722. The van der Waals surface area contributed by atoms with Crippen LogP contribution in [0.5, 0.6) is 0 Å². The SMILES string of the molecule is c1ccc(-c2nc(-c3ccccc3)c3ccc4ccc(-c5cccc(-c6cccc(-c7ccc8ccccc8c7)n6)c5)cc4c3n2)cc1. The first-order chi connectivity index (χ1) is 23.8. The summed E-state index contributed by atoms with van der Waals surface area (Å²) in [5, 5.41) is 5.72. The minimum Gasteiger partial charge on any atom is -0.248 e. The highest BCUT2D eigenvalue weighted by Gasteiger charge is 2.15. The van der Waals surface area contributed by atoms with Gasteiger partial charge in [-0.15, -0.1) is 0 Å². The van der Waals surface area contributed by atoms with E-state index in [1.807, 2.05) is 24.3 Å². The average Bonchev–Trinajstić information content (AvgIpc) is 3.18. The van der Waals surface area contributed by atoms with Crippen LogP contribution in [0.3, 0.4) is 0 Å². The van der Waals surface area contributed by atoms with Gasteiger partial charge in [0.25, 0.3) is 0 Å². The van der Waals surface area contributed by atoms with Gasteiger partial charge in [0.1, 0.15) is 0 Å². The topological polar surface area (TPSA) is 38.7 Å². The summed E-state index contributed by atoms with van der Waals surface area (Å²) in [6.07, 6.45) is 0. The Morgan fingerprint density at radius 2 is 0.875 bits per heavy atom. The molecular weight excluding hydrogens is 583 g/mol. The van der Waals surface area contributed by atoms with Gasteiger partial charge in [0.2, 0.25) is 0 Å². The Balaban J connectivity index is 1.16. The Kier molecular flexibility index (Phi) is 6.80. The zero-order chi connectivity index (χ0) is 31.9. The predicted octanol–water partition coefficient (Wildman–Crippen LogP) is 11.7. The molecule has 0 aliphatic heterocycles. The average molecular weight is 612 g/mol. The van der Waals surface area contributed by atoms with Crippen molar-refractivity contribution in [2.24, 2.45) is 0 Å². The number of pyridine rings is 1. The largest absolute Gasteiger partial charge is 0.248 e. The van der Waals surface area contributed by atoms with Crippen molar-refractivity contribution in [3.8, 4) is 56.3 Å². The van der Waals surface area contributed by atoms with E-state index in [2.05, 4.69) is 152 Å². The van der Waals surface area contributed by atoms with Gasteiger partial charge in [-0.25, -0.2) is 15.0 Å². The lowest BCUT2D eigenvalue weighted by Gasteiger charge is -2.13. The summed E-state index contributed by atoms with van der Waals surface area (Å²) >= 11 is 0. The standard InChI is InChI=1S/C45H29N3/c1-3-12-32(13-4-1)43-39-26-25-31-22-23-36(29-40(31)44(39)48-45(47-43)33-14-5-2-6-15-33)35-17-9-18-37(28-35)41-19-10-20-42(46-41)38-24-21-30-11-7-8-16-34(30)27-38/h1-29H. The maximum absolute atomic E-state index is 5.20. The molecule has 9 rings (SSSR count). The number of hydrogen-bond acceptors (Lipinski definition) is 3. The zero-order valence-corrected chi connectivity index (χ0v) is 26.1. The Hall–Kier alpha value is -6.45. The van der Waals surface area contributed by atoms with Crippen LogP contribution < -0.4 is 0 Å². The maximum Gasteiger partial charge on any atom is 0.160 e. The Labute approximate surface area is 278 Å². The third kappa shape index (κ3) is 5.08. The second-order valence-corrected chi connectivity index (χ2v) is 12.1. The highest BCUT2D eigenvalue weighted by molar-refractivity contribution is 6.10. The molecule has 0 spiro atoms. The van der Waals surface area contributed by atoms with Crippen LogP contribution in [0.4, 0.5) is 0 Å². The van der Waals surface area contributed by atoms with Gasteiger partial charge in [-0.2, -0.15) is 0 Å². The summed E-state index contributed by atoms with van der Waals surface area (Å²) in [6, 6.07) is 61.5. The molecule has 3 heteroatoms. The summed E-state index contributed by atoms with van der Waals surface area (Å²) in [5.74, 6) is 0.722. The molecule has 3 nitrogen and oxygen atoms in total. The molecule has 0 atom stereocenters. The Morgan fingerprint density at radius 3 is 1.69 bits per heavy atom. The normalized spacial score (nSPS) is 11.3. The van der Waals surface area contributed by atoms with Crippen molar-refractivity contribution in [2.75, 3.05) is 0 Å². The van der Waals surface area contributed by atoms with Crippen LogP contribution in [-0.2, 0) is 0 Å². The van der Waals surface area contributed by atoms with Gasteiger partial charge in [-0.05, 0) is 63.7 Å². The molecule has 9 aromatic rings. The van der Waals surface area contributed by atoms with Crippen molar-refractivity contribution in [3.05, 3.63) is 176 Å². The highest BCUT2D eigenvalue weighted by Crippen LogP contribution is 2.36. The lowest BCUT2D eigenvalue weighted by Crippen LogP contribution is -1.96. The molecule has 0 saturated carbocycles.